The molecule has 252 valence electrons. The first-order valence-corrected chi connectivity index (χ1v) is 14.7. The Labute approximate surface area is 287 Å². The van der Waals surface area contributed by atoms with Crippen molar-refractivity contribution in [2.45, 2.75) is 26.1 Å². The fraction of sp³-hybridized carbons (Fsp3) is 0.111. The van der Waals surface area contributed by atoms with E-state index in [9.17, 15) is 41.3 Å². The van der Waals surface area contributed by atoms with E-state index in [0.29, 0.717) is 17.7 Å². The van der Waals surface area contributed by atoms with Gasteiger partial charge in [0.2, 0.25) is 5.75 Å². The normalized spacial score (nSPS) is 13.4. The molecule has 0 aliphatic heterocycles. The summed E-state index contributed by atoms with van der Waals surface area (Å²) in [4.78, 5) is 24.8. The highest BCUT2D eigenvalue weighted by molar-refractivity contribution is 5.91. The summed E-state index contributed by atoms with van der Waals surface area (Å²) in [5.41, 5.74) is 0.454. The molecule has 52 heavy (non-hydrogen) atoms. The molecule has 0 saturated heterocycles. The predicted octanol–water partition coefficient (Wildman–Crippen LogP) is 6.61. The van der Waals surface area contributed by atoms with Crippen LogP contribution in [0.3, 0.4) is 0 Å². The molecule has 0 atom stereocenters. The predicted molar refractivity (Wildman–Crippen MR) is 167 cm³/mol. The first kappa shape index (κ1) is 33.3. The second-order valence-corrected chi connectivity index (χ2v) is 11.4. The number of halogens is 7. The maximum atomic E-state index is 14.6. The van der Waals surface area contributed by atoms with Crippen molar-refractivity contribution in [3.63, 3.8) is 0 Å². The molecule has 0 fully saturated rings. The van der Waals surface area contributed by atoms with Crippen LogP contribution in [0.5, 0.6) is 5.75 Å². The number of fused-ring (bicyclic) bond motifs is 6. The molecule has 3 aromatic carbocycles. The Balaban J connectivity index is 1.47. The minimum Gasteiger partial charge on any atom is -0.399 e. The summed E-state index contributed by atoms with van der Waals surface area (Å²) in [6.45, 7) is 16.9. The highest BCUT2D eigenvalue weighted by Crippen LogP contribution is 2.40. The van der Waals surface area contributed by atoms with Crippen molar-refractivity contribution in [2.75, 3.05) is 0 Å². The van der Waals surface area contributed by atoms with E-state index in [2.05, 4.69) is 34.4 Å². The standard InChI is InChI=1S/C36H13F7N8O/c1-14-19(37)4-15(5-20(14)38)27-12-48-33-23(50-27)8-17-29(25(10-44)46-2)18-9-24-34(31(18)32(30(17)33)26(11-45)47-3)49-13-28(51-24)16-6-21(39)35(22(40)7-16)52-36(41,42)43/h4-7,12-13H,8-9H2,1H3/b29-25+,32-26+. The van der Waals surface area contributed by atoms with Gasteiger partial charge in [0.1, 0.15) is 11.6 Å². The number of nitriles is 2. The number of alkyl halides is 3. The Kier molecular flexibility index (Phi) is 7.70. The fourth-order valence-corrected chi connectivity index (χ4v) is 6.38. The number of aromatic nitrogens is 4. The maximum absolute atomic E-state index is 14.6. The lowest BCUT2D eigenvalue weighted by atomic mass is 9.92. The maximum Gasteiger partial charge on any atom is 0.573 e. The smallest absolute Gasteiger partial charge is 0.399 e. The zero-order valence-corrected chi connectivity index (χ0v) is 26.0. The number of hydrogen-bond donors (Lipinski definition) is 0. The van der Waals surface area contributed by atoms with E-state index in [1.807, 2.05) is 12.1 Å². The SMILES string of the molecule is [C-]#[N+]/C(C#N)=c1\c2c(/c(=C(/C#N)[N+]#[C-])c3c1Cc1nc(-c4cc(F)c(OC(F)(F)F)c(F)c4)cnc1-3)-c1ncc(-c3cc(F)c(C)c(F)c3)nc1C2. The van der Waals surface area contributed by atoms with Crippen molar-refractivity contribution in [3.05, 3.63) is 121 Å². The largest absolute Gasteiger partial charge is 0.573 e. The second kappa shape index (κ2) is 12.0. The van der Waals surface area contributed by atoms with Crippen molar-refractivity contribution in [1.82, 2.24) is 19.9 Å². The number of ether oxygens (including phenoxy) is 1. The minimum absolute atomic E-state index is 0.0493. The van der Waals surface area contributed by atoms with Gasteiger partial charge in [-0.05, 0) is 42.3 Å². The van der Waals surface area contributed by atoms with Crippen molar-refractivity contribution < 1.29 is 35.5 Å². The average molecular weight is 707 g/mol. The van der Waals surface area contributed by atoms with Gasteiger partial charge < -0.3 is 4.74 Å². The monoisotopic (exact) mass is 706 g/mol. The number of nitrogens with zero attached hydrogens (tertiary/aromatic N) is 8. The molecule has 2 aromatic heterocycles. The zero-order chi connectivity index (χ0) is 37.2. The molecule has 5 aromatic rings. The molecule has 0 unspecified atom stereocenters. The van der Waals surface area contributed by atoms with Gasteiger partial charge in [0, 0.05) is 51.1 Å². The van der Waals surface area contributed by atoms with Gasteiger partial charge in [0.05, 0.1) is 71.8 Å². The van der Waals surface area contributed by atoms with Crippen molar-refractivity contribution >= 4 is 11.4 Å². The van der Waals surface area contributed by atoms with Crippen LogP contribution in [0.1, 0.15) is 28.1 Å². The summed E-state index contributed by atoms with van der Waals surface area (Å²) in [5, 5.41) is 20.4. The lowest BCUT2D eigenvalue weighted by molar-refractivity contribution is -0.276. The van der Waals surface area contributed by atoms with E-state index in [-0.39, 0.29) is 96.5 Å². The first-order chi connectivity index (χ1) is 24.8. The van der Waals surface area contributed by atoms with E-state index in [4.69, 9.17) is 13.1 Å². The molecular weight excluding hydrogens is 693 g/mol. The molecule has 2 aliphatic rings. The highest BCUT2D eigenvalue weighted by Gasteiger charge is 2.36. The molecule has 0 radical (unpaired) electrons. The van der Waals surface area contributed by atoms with Crippen molar-refractivity contribution in [3.8, 4) is 62.9 Å². The molecule has 0 spiro atoms. The van der Waals surface area contributed by atoms with Crippen LogP contribution in [0.15, 0.2) is 36.7 Å². The Hall–Kier alpha value is -7.17. The summed E-state index contributed by atoms with van der Waals surface area (Å²) in [7, 11) is 0. The number of hydrogen-bond acceptors (Lipinski definition) is 7. The Morgan fingerprint density at radius 2 is 1.15 bits per heavy atom. The molecule has 0 amide bonds. The lowest BCUT2D eigenvalue weighted by Gasteiger charge is -2.12. The van der Waals surface area contributed by atoms with Gasteiger partial charge in [0.15, 0.2) is 11.6 Å². The van der Waals surface area contributed by atoms with Gasteiger partial charge in [0.25, 0.3) is 11.4 Å². The topological polar surface area (TPSA) is 117 Å². The zero-order valence-electron chi connectivity index (χ0n) is 26.0. The number of rotatable bonds is 3. The Morgan fingerprint density at radius 3 is 1.56 bits per heavy atom. The van der Waals surface area contributed by atoms with Crippen LogP contribution in [-0.4, -0.2) is 26.3 Å². The van der Waals surface area contributed by atoms with Crippen molar-refractivity contribution in [1.29, 1.82) is 10.5 Å². The van der Waals surface area contributed by atoms with E-state index >= 15 is 0 Å². The number of benzene rings is 3. The summed E-state index contributed by atoms with van der Waals surface area (Å²) >= 11 is 0. The average Bonchev–Trinajstić information content (AvgIpc) is 3.67. The van der Waals surface area contributed by atoms with Crippen LogP contribution < -0.4 is 15.2 Å². The van der Waals surface area contributed by atoms with Gasteiger partial charge in [-0.15, -0.1) is 13.2 Å². The first-order valence-electron chi connectivity index (χ1n) is 14.7. The summed E-state index contributed by atoms with van der Waals surface area (Å²) in [5.74, 6) is -6.58. The lowest BCUT2D eigenvalue weighted by Crippen LogP contribution is -2.26. The second-order valence-electron chi connectivity index (χ2n) is 11.4. The third-order valence-electron chi connectivity index (χ3n) is 8.56. The minimum atomic E-state index is -5.36. The van der Waals surface area contributed by atoms with E-state index in [0.717, 1.165) is 18.3 Å². The molecule has 0 saturated carbocycles. The Bertz CT molecular complexity index is 2690. The fourth-order valence-electron chi connectivity index (χ4n) is 6.38. The van der Waals surface area contributed by atoms with Crippen LogP contribution in [0.2, 0.25) is 0 Å². The van der Waals surface area contributed by atoms with Crippen LogP contribution in [-0.2, 0) is 12.8 Å². The van der Waals surface area contributed by atoms with Gasteiger partial charge >= 0.3 is 6.36 Å². The van der Waals surface area contributed by atoms with Crippen LogP contribution in [0.25, 0.3) is 66.1 Å². The van der Waals surface area contributed by atoms with E-state index in [1.54, 1.807) is 0 Å². The molecular formula is C36H13F7N8O. The van der Waals surface area contributed by atoms with E-state index in [1.165, 1.54) is 13.1 Å². The Morgan fingerprint density at radius 1 is 0.731 bits per heavy atom. The quantitative estimate of drug-likeness (QED) is 0.150. The summed E-state index contributed by atoms with van der Waals surface area (Å²) < 4.78 is 99.6. The molecule has 2 aliphatic carbocycles. The molecule has 9 nitrogen and oxygen atoms in total. The molecule has 0 bridgehead atoms. The van der Waals surface area contributed by atoms with Crippen LogP contribution in [0.4, 0.5) is 30.7 Å². The third-order valence-corrected chi connectivity index (χ3v) is 8.56. The van der Waals surface area contributed by atoms with E-state index < -0.39 is 41.1 Å². The molecule has 16 heteroatoms. The highest BCUT2D eigenvalue weighted by atomic mass is 19.4. The van der Waals surface area contributed by atoms with Gasteiger partial charge in [-0.25, -0.2) is 47.7 Å². The summed E-state index contributed by atoms with van der Waals surface area (Å²) in [6.07, 6.45) is -3.24. The molecule has 0 N–H and O–H groups in total. The van der Waals surface area contributed by atoms with Crippen molar-refractivity contribution in [2.24, 2.45) is 0 Å². The van der Waals surface area contributed by atoms with Gasteiger partial charge in [-0.3, -0.25) is 9.97 Å². The molecule has 2 heterocycles. The third kappa shape index (κ3) is 5.22. The van der Waals surface area contributed by atoms with Gasteiger partial charge in [-0.2, -0.15) is 0 Å². The van der Waals surface area contributed by atoms with Crippen LogP contribution >= 0.6 is 0 Å². The molecule has 7 rings (SSSR count). The van der Waals surface area contributed by atoms with Crippen LogP contribution in [0, 0.1) is 66.0 Å². The summed E-state index contributed by atoms with van der Waals surface area (Å²) in [6, 6.07) is 7.10. The van der Waals surface area contributed by atoms with Gasteiger partial charge in [-0.1, -0.05) is 0 Å².